The SMILES string of the molecule is CCC(=O)Oc1c(CC(N)=O)cccc1NC(=O)OC(C)(C)C. The molecule has 0 heterocycles. The van der Waals surface area contributed by atoms with Crippen LogP contribution < -0.4 is 15.8 Å². The molecule has 0 aliphatic heterocycles. The monoisotopic (exact) mass is 322 g/mol. The summed E-state index contributed by atoms with van der Waals surface area (Å²) in [6, 6.07) is 4.77. The predicted molar refractivity (Wildman–Crippen MR) is 85.1 cm³/mol. The number of carbonyl (C=O) groups is 3. The number of esters is 1. The molecule has 1 aromatic rings. The van der Waals surface area contributed by atoms with Gasteiger partial charge < -0.3 is 15.2 Å². The van der Waals surface area contributed by atoms with E-state index in [4.69, 9.17) is 15.2 Å². The highest BCUT2D eigenvalue weighted by Crippen LogP contribution is 2.30. The summed E-state index contributed by atoms with van der Waals surface area (Å²) in [7, 11) is 0. The molecule has 7 nitrogen and oxygen atoms in total. The normalized spacial score (nSPS) is 10.8. The van der Waals surface area contributed by atoms with E-state index in [1.54, 1.807) is 45.9 Å². The molecular weight excluding hydrogens is 300 g/mol. The van der Waals surface area contributed by atoms with Gasteiger partial charge in [-0.3, -0.25) is 14.9 Å². The van der Waals surface area contributed by atoms with Crippen molar-refractivity contribution >= 4 is 23.7 Å². The fraction of sp³-hybridized carbons (Fsp3) is 0.438. The summed E-state index contributed by atoms with van der Waals surface area (Å²) in [4.78, 5) is 34.7. The maximum absolute atomic E-state index is 11.9. The Bertz CT molecular complexity index is 605. The fourth-order valence-corrected chi connectivity index (χ4v) is 1.73. The first-order valence-corrected chi connectivity index (χ1v) is 7.23. The van der Waals surface area contributed by atoms with E-state index in [0.29, 0.717) is 5.56 Å². The maximum atomic E-state index is 11.9. The molecule has 0 unspecified atom stereocenters. The zero-order valence-electron chi connectivity index (χ0n) is 13.8. The number of nitrogens with two attached hydrogens (primary N) is 1. The second-order valence-electron chi connectivity index (χ2n) is 5.89. The maximum Gasteiger partial charge on any atom is 0.412 e. The molecule has 7 heteroatoms. The van der Waals surface area contributed by atoms with Crippen LogP contribution in [0.3, 0.4) is 0 Å². The lowest BCUT2D eigenvalue weighted by Crippen LogP contribution is -2.27. The standard InChI is InChI=1S/C16H22N2O5/c1-5-13(20)22-14-10(9-12(17)19)7-6-8-11(14)18-15(21)23-16(2,3)4/h6-8H,5,9H2,1-4H3,(H2,17,19)(H,18,21). The molecular formula is C16H22N2O5. The first-order chi connectivity index (χ1) is 10.6. The molecule has 0 aromatic heterocycles. The van der Waals surface area contributed by atoms with Gasteiger partial charge in [0.2, 0.25) is 5.91 Å². The van der Waals surface area contributed by atoms with Crippen LogP contribution in [0.2, 0.25) is 0 Å². The number of benzene rings is 1. The van der Waals surface area contributed by atoms with Crippen molar-refractivity contribution < 1.29 is 23.9 Å². The molecule has 23 heavy (non-hydrogen) atoms. The summed E-state index contributed by atoms with van der Waals surface area (Å²) in [5.74, 6) is -0.966. The van der Waals surface area contributed by atoms with Crippen molar-refractivity contribution in [3.05, 3.63) is 23.8 Å². The van der Waals surface area contributed by atoms with Crippen molar-refractivity contribution in [2.24, 2.45) is 5.73 Å². The van der Waals surface area contributed by atoms with Crippen molar-refractivity contribution in [3.63, 3.8) is 0 Å². The molecule has 0 atom stereocenters. The molecule has 2 amide bonds. The topological polar surface area (TPSA) is 108 Å². The molecule has 0 aliphatic rings. The van der Waals surface area contributed by atoms with Crippen LogP contribution in [0.1, 0.15) is 39.7 Å². The number of anilines is 1. The van der Waals surface area contributed by atoms with Crippen LogP contribution in [-0.2, 0) is 20.7 Å². The summed E-state index contributed by atoms with van der Waals surface area (Å²) >= 11 is 0. The molecule has 3 N–H and O–H groups in total. The minimum atomic E-state index is -0.692. The molecule has 0 saturated heterocycles. The molecule has 0 spiro atoms. The second-order valence-corrected chi connectivity index (χ2v) is 5.89. The first-order valence-electron chi connectivity index (χ1n) is 7.23. The van der Waals surface area contributed by atoms with Crippen LogP contribution in [0.15, 0.2) is 18.2 Å². The van der Waals surface area contributed by atoms with Gasteiger partial charge in [-0.2, -0.15) is 0 Å². The van der Waals surface area contributed by atoms with Crippen molar-refractivity contribution in [1.29, 1.82) is 0 Å². The van der Waals surface area contributed by atoms with E-state index in [-0.39, 0.29) is 24.3 Å². The first kappa shape index (κ1) is 18.5. The van der Waals surface area contributed by atoms with Gasteiger partial charge >= 0.3 is 12.1 Å². The highest BCUT2D eigenvalue weighted by molar-refractivity contribution is 5.89. The Morgan fingerprint density at radius 3 is 2.39 bits per heavy atom. The summed E-state index contributed by atoms with van der Waals surface area (Å²) in [5, 5.41) is 2.52. The number of primary amides is 1. The quantitative estimate of drug-likeness (QED) is 0.639. The van der Waals surface area contributed by atoms with E-state index < -0.39 is 23.6 Å². The van der Waals surface area contributed by atoms with Crippen LogP contribution in [0, 0.1) is 0 Å². The van der Waals surface area contributed by atoms with Gasteiger partial charge in [0, 0.05) is 12.0 Å². The zero-order valence-corrected chi connectivity index (χ0v) is 13.8. The average Bonchev–Trinajstić information content (AvgIpc) is 2.39. The lowest BCUT2D eigenvalue weighted by molar-refractivity contribution is -0.134. The fourth-order valence-electron chi connectivity index (χ4n) is 1.73. The Balaban J connectivity index is 3.11. The second kappa shape index (κ2) is 7.62. The van der Waals surface area contributed by atoms with Crippen LogP contribution in [0.5, 0.6) is 5.75 Å². The summed E-state index contributed by atoms with van der Waals surface area (Å²) in [6.45, 7) is 6.83. The number of ether oxygens (including phenoxy) is 2. The number of nitrogens with one attached hydrogen (secondary N) is 1. The van der Waals surface area contributed by atoms with E-state index in [1.807, 2.05) is 0 Å². The Morgan fingerprint density at radius 2 is 1.87 bits per heavy atom. The number of amides is 2. The minimum Gasteiger partial charge on any atom is -0.444 e. The van der Waals surface area contributed by atoms with Crippen LogP contribution >= 0.6 is 0 Å². The van der Waals surface area contributed by atoms with Gasteiger partial charge in [0.15, 0.2) is 5.75 Å². The van der Waals surface area contributed by atoms with E-state index in [9.17, 15) is 14.4 Å². The van der Waals surface area contributed by atoms with E-state index in [0.717, 1.165) is 0 Å². The summed E-state index contributed by atoms with van der Waals surface area (Å²) < 4.78 is 10.4. The molecule has 0 bridgehead atoms. The van der Waals surface area contributed by atoms with Gasteiger partial charge in [0.05, 0.1) is 12.1 Å². The summed E-state index contributed by atoms with van der Waals surface area (Å²) in [6.07, 6.45) is -0.657. The third-order valence-corrected chi connectivity index (χ3v) is 2.60. The molecule has 0 aliphatic carbocycles. The molecule has 1 rings (SSSR count). The van der Waals surface area contributed by atoms with Gasteiger partial charge in [-0.1, -0.05) is 19.1 Å². The number of rotatable bonds is 5. The molecule has 0 fully saturated rings. The average molecular weight is 322 g/mol. The number of hydrogen-bond acceptors (Lipinski definition) is 5. The number of hydrogen-bond donors (Lipinski definition) is 2. The highest BCUT2D eigenvalue weighted by Gasteiger charge is 2.20. The van der Waals surface area contributed by atoms with Crippen LogP contribution in [0.4, 0.5) is 10.5 Å². The molecule has 0 saturated carbocycles. The van der Waals surface area contributed by atoms with Crippen molar-refractivity contribution in [2.45, 2.75) is 46.1 Å². The van der Waals surface area contributed by atoms with Gasteiger partial charge in [-0.25, -0.2) is 4.79 Å². The van der Waals surface area contributed by atoms with Gasteiger partial charge in [0.25, 0.3) is 0 Å². The van der Waals surface area contributed by atoms with Crippen molar-refractivity contribution in [2.75, 3.05) is 5.32 Å². The number of para-hydroxylation sites is 1. The lowest BCUT2D eigenvalue weighted by Gasteiger charge is -2.21. The van der Waals surface area contributed by atoms with E-state index in [2.05, 4.69) is 5.32 Å². The van der Waals surface area contributed by atoms with Gasteiger partial charge in [0.1, 0.15) is 5.60 Å². The number of carbonyl (C=O) groups excluding carboxylic acids is 3. The third-order valence-electron chi connectivity index (χ3n) is 2.60. The Labute approximate surface area is 135 Å². The van der Waals surface area contributed by atoms with E-state index >= 15 is 0 Å². The van der Waals surface area contributed by atoms with Crippen molar-refractivity contribution in [1.82, 2.24) is 0 Å². The summed E-state index contributed by atoms with van der Waals surface area (Å²) in [5.41, 5.74) is 5.17. The predicted octanol–water partition coefficient (Wildman–Crippen LogP) is 2.38. The van der Waals surface area contributed by atoms with Crippen LogP contribution in [-0.4, -0.2) is 23.6 Å². The molecule has 1 aromatic carbocycles. The lowest BCUT2D eigenvalue weighted by atomic mass is 10.1. The van der Waals surface area contributed by atoms with Crippen molar-refractivity contribution in [3.8, 4) is 5.75 Å². The molecule has 0 radical (unpaired) electrons. The zero-order chi connectivity index (χ0) is 17.6. The smallest absolute Gasteiger partial charge is 0.412 e. The van der Waals surface area contributed by atoms with Gasteiger partial charge in [-0.15, -0.1) is 0 Å². The highest BCUT2D eigenvalue weighted by atomic mass is 16.6. The Morgan fingerprint density at radius 1 is 1.22 bits per heavy atom. The van der Waals surface area contributed by atoms with Gasteiger partial charge in [-0.05, 0) is 26.8 Å². The van der Waals surface area contributed by atoms with E-state index in [1.165, 1.54) is 0 Å². The molecule has 126 valence electrons. The third kappa shape index (κ3) is 6.37. The largest absolute Gasteiger partial charge is 0.444 e. The van der Waals surface area contributed by atoms with Crippen LogP contribution in [0.25, 0.3) is 0 Å². The Kier molecular flexibility index (Phi) is 6.12. The minimum absolute atomic E-state index is 0.101. The Hall–Kier alpha value is -2.57.